The highest BCUT2D eigenvalue weighted by atomic mass is 32.2. The number of nitrogens with zero attached hydrogens (tertiary/aromatic N) is 4. The van der Waals surface area contributed by atoms with E-state index in [4.69, 9.17) is 4.74 Å². The summed E-state index contributed by atoms with van der Waals surface area (Å²) in [6.45, 7) is 5.31. The molecule has 0 bridgehead atoms. The SMILES string of the molecule is CCn1c(CCNC(=O)c2ccccc2F)nnc1SCC(=O)N1CCOCC1. The van der Waals surface area contributed by atoms with Gasteiger partial charge in [-0.1, -0.05) is 23.9 Å². The van der Waals surface area contributed by atoms with Crippen molar-refractivity contribution in [2.24, 2.45) is 0 Å². The lowest BCUT2D eigenvalue weighted by molar-refractivity contribution is -0.132. The van der Waals surface area contributed by atoms with E-state index in [-0.39, 0.29) is 11.5 Å². The monoisotopic (exact) mass is 421 g/mol. The van der Waals surface area contributed by atoms with Crippen molar-refractivity contribution in [2.75, 3.05) is 38.6 Å². The van der Waals surface area contributed by atoms with Crippen LogP contribution < -0.4 is 5.32 Å². The second-order valence-electron chi connectivity index (χ2n) is 6.41. The van der Waals surface area contributed by atoms with Crippen LogP contribution in [0.2, 0.25) is 0 Å². The van der Waals surface area contributed by atoms with Gasteiger partial charge in [0, 0.05) is 32.6 Å². The first-order chi connectivity index (χ1) is 14.1. The highest BCUT2D eigenvalue weighted by Gasteiger charge is 2.19. The van der Waals surface area contributed by atoms with E-state index in [9.17, 15) is 14.0 Å². The molecule has 156 valence electrons. The first-order valence-corrected chi connectivity index (χ1v) is 10.5. The van der Waals surface area contributed by atoms with Crippen molar-refractivity contribution >= 4 is 23.6 Å². The van der Waals surface area contributed by atoms with E-state index in [0.717, 1.165) is 0 Å². The Morgan fingerprint density at radius 3 is 2.72 bits per heavy atom. The van der Waals surface area contributed by atoms with E-state index in [1.54, 1.807) is 17.0 Å². The van der Waals surface area contributed by atoms with Crippen LogP contribution in [0, 0.1) is 5.82 Å². The Morgan fingerprint density at radius 1 is 1.24 bits per heavy atom. The molecule has 0 atom stereocenters. The van der Waals surface area contributed by atoms with Crippen molar-refractivity contribution in [1.82, 2.24) is 25.0 Å². The first kappa shape index (κ1) is 21.3. The summed E-state index contributed by atoms with van der Waals surface area (Å²) < 4.78 is 20.9. The number of hydrogen-bond acceptors (Lipinski definition) is 6. The lowest BCUT2D eigenvalue weighted by atomic mass is 10.2. The highest BCUT2D eigenvalue weighted by molar-refractivity contribution is 7.99. The predicted octanol–water partition coefficient (Wildman–Crippen LogP) is 1.36. The summed E-state index contributed by atoms with van der Waals surface area (Å²) in [5, 5.41) is 11.7. The third-order valence-corrected chi connectivity index (χ3v) is 5.50. The second kappa shape index (κ2) is 10.4. The topological polar surface area (TPSA) is 89.3 Å². The normalized spacial score (nSPS) is 14.1. The maximum Gasteiger partial charge on any atom is 0.254 e. The zero-order chi connectivity index (χ0) is 20.6. The van der Waals surface area contributed by atoms with Crippen LogP contribution in [0.25, 0.3) is 0 Å². The van der Waals surface area contributed by atoms with Crippen LogP contribution in [0.3, 0.4) is 0 Å². The van der Waals surface area contributed by atoms with E-state index >= 15 is 0 Å². The average molecular weight is 421 g/mol. The van der Waals surface area contributed by atoms with Crippen LogP contribution >= 0.6 is 11.8 Å². The number of halogens is 1. The minimum Gasteiger partial charge on any atom is -0.378 e. The number of amides is 2. The quantitative estimate of drug-likeness (QED) is 0.648. The van der Waals surface area contributed by atoms with Gasteiger partial charge in [-0.3, -0.25) is 9.59 Å². The molecule has 2 heterocycles. The number of hydrogen-bond donors (Lipinski definition) is 1. The zero-order valence-corrected chi connectivity index (χ0v) is 17.1. The van der Waals surface area contributed by atoms with E-state index in [1.807, 2.05) is 11.5 Å². The highest BCUT2D eigenvalue weighted by Crippen LogP contribution is 2.18. The minimum atomic E-state index is -0.551. The average Bonchev–Trinajstić information content (AvgIpc) is 3.14. The van der Waals surface area contributed by atoms with Gasteiger partial charge in [0.25, 0.3) is 5.91 Å². The van der Waals surface area contributed by atoms with Gasteiger partial charge in [-0.15, -0.1) is 10.2 Å². The van der Waals surface area contributed by atoms with Crippen LogP contribution in [-0.2, 0) is 22.5 Å². The molecule has 3 rings (SSSR count). The Labute approximate surface area is 172 Å². The van der Waals surface area contributed by atoms with Gasteiger partial charge in [0.1, 0.15) is 11.6 Å². The molecule has 0 unspecified atom stereocenters. The fourth-order valence-corrected chi connectivity index (χ4v) is 3.91. The van der Waals surface area contributed by atoms with Crippen molar-refractivity contribution in [3.8, 4) is 0 Å². The molecule has 0 aliphatic carbocycles. The largest absolute Gasteiger partial charge is 0.378 e. The standard InChI is InChI=1S/C19H24FN5O3S/c1-2-25-16(7-8-21-18(27)14-5-3-4-6-15(14)20)22-23-19(25)29-13-17(26)24-9-11-28-12-10-24/h3-6H,2,7-13H2,1H3,(H,21,27). The van der Waals surface area contributed by atoms with E-state index in [0.29, 0.717) is 62.5 Å². The maximum atomic E-state index is 13.7. The molecule has 1 aromatic carbocycles. The lowest BCUT2D eigenvalue weighted by Crippen LogP contribution is -2.41. The van der Waals surface area contributed by atoms with Crippen molar-refractivity contribution in [3.05, 3.63) is 41.5 Å². The molecule has 1 aromatic heterocycles. The molecule has 1 saturated heterocycles. The van der Waals surface area contributed by atoms with Crippen LogP contribution in [0.5, 0.6) is 0 Å². The molecule has 1 aliphatic heterocycles. The number of benzene rings is 1. The second-order valence-corrected chi connectivity index (χ2v) is 7.35. The Hall–Kier alpha value is -2.46. The summed E-state index contributed by atoms with van der Waals surface area (Å²) in [6.07, 6.45) is 0.457. The molecule has 1 N–H and O–H groups in total. The van der Waals surface area contributed by atoms with Crippen LogP contribution in [0.4, 0.5) is 4.39 Å². The third kappa shape index (κ3) is 5.54. The van der Waals surface area contributed by atoms with Gasteiger partial charge in [-0.2, -0.15) is 0 Å². The minimum absolute atomic E-state index is 0.0160. The molecule has 1 aliphatic rings. The number of thioether (sulfide) groups is 1. The van der Waals surface area contributed by atoms with Crippen molar-refractivity contribution in [3.63, 3.8) is 0 Å². The Kier molecular flexibility index (Phi) is 7.59. The van der Waals surface area contributed by atoms with Gasteiger partial charge in [-0.05, 0) is 19.1 Å². The van der Waals surface area contributed by atoms with Crippen molar-refractivity contribution in [2.45, 2.75) is 25.0 Å². The molecule has 10 heteroatoms. The zero-order valence-electron chi connectivity index (χ0n) is 16.3. The van der Waals surface area contributed by atoms with Gasteiger partial charge in [0.05, 0.1) is 24.5 Å². The number of carbonyl (C=O) groups excluding carboxylic acids is 2. The number of ether oxygens (including phenoxy) is 1. The van der Waals surface area contributed by atoms with Crippen LogP contribution in [0.1, 0.15) is 23.1 Å². The van der Waals surface area contributed by atoms with Gasteiger partial charge >= 0.3 is 0 Å². The third-order valence-electron chi connectivity index (χ3n) is 4.55. The summed E-state index contributed by atoms with van der Waals surface area (Å²) in [7, 11) is 0. The summed E-state index contributed by atoms with van der Waals surface area (Å²) in [4.78, 5) is 26.2. The first-order valence-electron chi connectivity index (χ1n) is 9.53. The van der Waals surface area contributed by atoms with Crippen LogP contribution in [-0.4, -0.2) is 70.1 Å². The fraction of sp³-hybridized carbons (Fsp3) is 0.474. The number of rotatable bonds is 8. The Bertz CT molecular complexity index is 854. The molecule has 29 heavy (non-hydrogen) atoms. The number of morpholine rings is 1. The van der Waals surface area contributed by atoms with Gasteiger partial charge < -0.3 is 19.5 Å². The molecule has 1 fully saturated rings. The molecule has 0 spiro atoms. The molecule has 2 amide bonds. The fourth-order valence-electron chi connectivity index (χ4n) is 2.99. The van der Waals surface area contributed by atoms with E-state index < -0.39 is 11.7 Å². The van der Waals surface area contributed by atoms with Crippen molar-refractivity contribution < 1.29 is 18.7 Å². The summed E-state index contributed by atoms with van der Waals surface area (Å²) in [6, 6.07) is 5.86. The van der Waals surface area contributed by atoms with Gasteiger partial charge in [0.15, 0.2) is 5.16 Å². The molecule has 2 aromatic rings. The lowest BCUT2D eigenvalue weighted by Gasteiger charge is -2.26. The van der Waals surface area contributed by atoms with Crippen LogP contribution in [0.15, 0.2) is 29.4 Å². The summed E-state index contributed by atoms with van der Waals surface area (Å²) >= 11 is 1.35. The van der Waals surface area contributed by atoms with Crippen molar-refractivity contribution in [1.29, 1.82) is 0 Å². The Morgan fingerprint density at radius 2 is 2.00 bits per heavy atom. The van der Waals surface area contributed by atoms with E-state index in [2.05, 4.69) is 15.5 Å². The number of aromatic nitrogens is 3. The molecule has 0 radical (unpaired) electrons. The van der Waals surface area contributed by atoms with Gasteiger partial charge in [-0.25, -0.2) is 4.39 Å². The molecular weight excluding hydrogens is 397 g/mol. The van der Waals surface area contributed by atoms with Gasteiger partial charge in [0.2, 0.25) is 5.91 Å². The summed E-state index contributed by atoms with van der Waals surface area (Å²) in [5.41, 5.74) is 0.0160. The molecular formula is C19H24FN5O3S. The predicted molar refractivity (Wildman–Crippen MR) is 106 cm³/mol. The number of carbonyl (C=O) groups is 2. The van der Waals surface area contributed by atoms with E-state index in [1.165, 1.54) is 23.9 Å². The Balaban J connectivity index is 1.51. The summed E-state index contributed by atoms with van der Waals surface area (Å²) in [5.74, 6) is 0.0503. The number of nitrogens with one attached hydrogen (secondary N) is 1. The maximum absolute atomic E-state index is 13.7. The smallest absolute Gasteiger partial charge is 0.254 e. The molecule has 8 nitrogen and oxygen atoms in total. The molecule has 0 saturated carbocycles.